The summed E-state index contributed by atoms with van der Waals surface area (Å²) in [4.78, 5) is 10.9. The minimum atomic E-state index is 0.246. The molecule has 0 N–H and O–H groups in total. The van der Waals surface area contributed by atoms with E-state index in [1.54, 1.807) is 0 Å². The number of hydrogen-bond acceptors (Lipinski definition) is 3. The van der Waals surface area contributed by atoms with Crippen LogP contribution in [0, 0.1) is 0 Å². The molecule has 3 rings (SSSR count). The van der Waals surface area contributed by atoms with Crippen LogP contribution in [-0.4, -0.2) is 23.1 Å². The van der Waals surface area contributed by atoms with Crippen LogP contribution in [0.25, 0.3) is 0 Å². The second-order valence-electron chi connectivity index (χ2n) is 4.12. The maximum Gasteiger partial charge on any atom is 0.134 e. The highest BCUT2D eigenvalue weighted by Crippen LogP contribution is 2.30. The van der Waals surface area contributed by atoms with Gasteiger partial charge in [-0.3, -0.25) is 4.99 Å². The Morgan fingerprint density at radius 1 is 1.29 bits per heavy atom. The third-order valence-corrected chi connectivity index (χ3v) is 3.23. The van der Waals surface area contributed by atoms with E-state index < -0.39 is 0 Å². The van der Waals surface area contributed by atoms with Crippen molar-refractivity contribution in [3.05, 3.63) is 47.1 Å². The molecule has 0 fully saturated rings. The van der Waals surface area contributed by atoms with Crippen molar-refractivity contribution in [2.45, 2.75) is 13.0 Å². The largest absolute Gasteiger partial charge is 0.305 e. The van der Waals surface area contributed by atoms with E-state index in [1.807, 2.05) is 31.2 Å². The van der Waals surface area contributed by atoms with Gasteiger partial charge in [0, 0.05) is 6.08 Å². The van der Waals surface area contributed by atoms with Crippen molar-refractivity contribution >= 4 is 23.3 Å². The lowest BCUT2D eigenvalue weighted by Gasteiger charge is -2.28. The van der Waals surface area contributed by atoms with E-state index in [4.69, 9.17) is 11.6 Å². The van der Waals surface area contributed by atoms with Crippen LogP contribution >= 0.6 is 11.6 Å². The van der Waals surface area contributed by atoms with Crippen molar-refractivity contribution in [2.75, 3.05) is 6.54 Å². The first kappa shape index (κ1) is 10.5. The van der Waals surface area contributed by atoms with Gasteiger partial charge in [0.2, 0.25) is 0 Å². The molecule has 0 aliphatic carbocycles. The SMILES string of the molecule is CC1=NC(Cl)=CC2=NCC(c3ccccc3)N12. The normalized spacial score (nSPS) is 22.8. The molecular weight excluding hydrogens is 234 g/mol. The van der Waals surface area contributed by atoms with E-state index in [0.717, 1.165) is 18.2 Å². The molecule has 0 saturated carbocycles. The van der Waals surface area contributed by atoms with Gasteiger partial charge in [-0.2, -0.15) is 0 Å². The van der Waals surface area contributed by atoms with Crippen LogP contribution < -0.4 is 0 Å². The molecule has 1 aromatic rings. The highest BCUT2D eigenvalue weighted by Gasteiger charge is 2.31. The third-order valence-electron chi connectivity index (χ3n) is 3.03. The van der Waals surface area contributed by atoms with Gasteiger partial charge < -0.3 is 4.90 Å². The summed E-state index contributed by atoms with van der Waals surface area (Å²) in [5, 5.41) is 0.506. The second-order valence-corrected chi connectivity index (χ2v) is 4.51. The van der Waals surface area contributed by atoms with Gasteiger partial charge in [-0.1, -0.05) is 41.9 Å². The number of hydrogen-bond donors (Lipinski definition) is 0. The van der Waals surface area contributed by atoms with Crippen LogP contribution in [0.15, 0.2) is 51.5 Å². The average molecular weight is 246 g/mol. The van der Waals surface area contributed by atoms with Gasteiger partial charge in [0.25, 0.3) is 0 Å². The Labute approximate surface area is 105 Å². The Morgan fingerprint density at radius 2 is 2.06 bits per heavy atom. The van der Waals surface area contributed by atoms with Gasteiger partial charge >= 0.3 is 0 Å². The summed E-state index contributed by atoms with van der Waals surface area (Å²) in [7, 11) is 0. The molecule has 1 unspecified atom stereocenters. The lowest BCUT2D eigenvalue weighted by molar-refractivity contribution is 0.494. The van der Waals surface area contributed by atoms with Crippen molar-refractivity contribution in [1.29, 1.82) is 0 Å². The Kier molecular flexibility index (Phi) is 2.48. The van der Waals surface area contributed by atoms with Gasteiger partial charge in [0.1, 0.15) is 16.8 Å². The standard InChI is InChI=1S/C13H12ClN3/c1-9-16-12(14)7-13-15-8-11(17(9)13)10-5-3-2-4-6-10/h2-7,11H,8H2,1H3. The zero-order valence-corrected chi connectivity index (χ0v) is 10.2. The number of halogens is 1. The van der Waals surface area contributed by atoms with Crippen LogP contribution in [0.3, 0.4) is 0 Å². The number of fused-ring (bicyclic) bond motifs is 1. The molecule has 2 heterocycles. The molecule has 2 aliphatic heterocycles. The molecule has 1 atom stereocenters. The van der Waals surface area contributed by atoms with Crippen molar-refractivity contribution in [3.63, 3.8) is 0 Å². The highest BCUT2D eigenvalue weighted by molar-refractivity contribution is 6.33. The van der Waals surface area contributed by atoms with Gasteiger partial charge in [0.05, 0.1) is 12.6 Å². The molecule has 3 nitrogen and oxygen atoms in total. The monoisotopic (exact) mass is 245 g/mol. The number of nitrogens with zero attached hydrogens (tertiary/aromatic N) is 3. The zero-order valence-electron chi connectivity index (χ0n) is 9.47. The summed E-state index contributed by atoms with van der Waals surface area (Å²) in [6.45, 7) is 2.72. The lowest BCUT2D eigenvalue weighted by Crippen LogP contribution is -2.36. The molecule has 0 amide bonds. The topological polar surface area (TPSA) is 28.0 Å². The molecular formula is C13H12ClN3. The first-order valence-corrected chi connectivity index (χ1v) is 5.94. The van der Waals surface area contributed by atoms with Crippen LogP contribution in [0.1, 0.15) is 18.5 Å². The Bertz CT molecular complexity index is 531. The van der Waals surface area contributed by atoms with Gasteiger partial charge in [0.15, 0.2) is 0 Å². The van der Waals surface area contributed by atoms with Crippen molar-refractivity contribution in [2.24, 2.45) is 9.98 Å². The van der Waals surface area contributed by atoms with E-state index in [9.17, 15) is 0 Å². The number of aliphatic imine (C=N–C) groups is 2. The smallest absolute Gasteiger partial charge is 0.134 e. The summed E-state index contributed by atoms with van der Waals surface area (Å²) in [6, 6.07) is 10.6. The molecule has 4 heteroatoms. The lowest BCUT2D eigenvalue weighted by atomic mass is 10.1. The maximum atomic E-state index is 5.94. The summed E-state index contributed by atoms with van der Waals surface area (Å²) in [5.74, 6) is 1.82. The molecule has 0 aromatic heterocycles. The fraction of sp³-hybridized carbons (Fsp3) is 0.231. The summed E-state index contributed by atoms with van der Waals surface area (Å²) < 4.78 is 0. The highest BCUT2D eigenvalue weighted by atomic mass is 35.5. The molecule has 0 radical (unpaired) electrons. The minimum Gasteiger partial charge on any atom is -0.305 e. The molecule has 0 bridgehead atoms. The molecule has 0 saturated heterocycles. The Morgan fingerprint density at radius 3 is 2.82 bits per heavy atom. The van der Waals surface area contributed by atoms with Crippen molar-refractivity contribution in [3.8, 4) is 0 Å². The summed E-state index contributed by atoms with van der Waals surface area (Å²) in [5.41, 5.74) is 1.26. The first-order chi connectivity index (χ1) is 8.25. The first-order valence-electron chi connectivity index (χ1n) is 5.57. The fourth-order valence-electron chi connectivity index (χ4n) is 2.28. The average Bonchev–Trinajstić information content (AvgIpc) is 2.74. The maximum absolute atomic E-state index is 5.94. The predicted octanol–water partition coefficient (Wildman–Crippen LogP) is 2.95. The van der Waals surface area contributed by atoms with Crippen LogP contribution in [-0.2, 0) is 0 Å². The number of amidine groups is 2. The summed E-state index contributed by atoms with van der Waals surface area (Å²) >= 11 is 5.94. The molecule has 0 spiro atoms. The third kappa shape index (κ3) is 1.76. The molecule has 17 heavy (non-hydrogen) atoms. The molecule has 1 aromatic carbocycles. The van der Waals surface area contributed by atoms with Gasteiger partial charge in [-0.15, -0.1) is 0 Å². The Balaban J connectivity index is 1.97. The fourth-order valence-corrected chi connectivity index (χ4v) is 2.50. The summed E-state index contributed by atoms with van der Waals surface area (Å²) in [6.07, 6.45) is 1.82. The van der Waals surface area contributed by atoms with Gasteiger partial charge in [-0.05, 0) is 12.5 Å². The predicted molar refractivity (Wildman–Crippen MR) is 70.4 cm³/mol. The van der Waals surface area contributed by atoms with E-state index in [0.29, 0.717) is 5.16 Å². The molecule has 86 valence electrons. The van der Waals surface area contributed by atoms with Gasteiger partial charge in [-0.25, -0.2) is 4.99 Å². The van der Waals surface area contributed by atoms with Crippen molar-refractivity contribution in [1.82, 2.24) is 4.90 Å². The van der Waals surface area contributed by atoms with E-state index in [1.165, 1.54) is 5.56 Å². The van der Waals surface area contributed by atoms with E-state index in [-0.39, 0.29) is 6.04 Å². The van der Waals surface area contributed by atoms with Crippen LogP contribution in [0.4, 0.5) is 0 Å². The van der Waals surface area contributed by atoms with E-state index in [2.05, 4.69) is 27.0 Å². The number of benzene rings is 1. The number of rotatable bonds is 1. The van der Waals surface area contributed by atoms with E-state index >= 15 is 0 Å². The Hall–Kier alpha value is -1.61. The van der Waals surface area contributed by atoms with Crippen LogP contribution in [0.2, 0.25) is 0 Å². The van der Waals surface area contributed by atoms with Crippen molar-refractivity contribution < 1.29 is 0 Å². The zero-order chi connectivity index (χ0) is 11.8. The molecule has 2 aliphatic rings. The van der Waals surface area contributed by atoms with Crippen LogP contribution in [0.5, 0.6) is 0 Å². The quantitative estimate of drug-likeness (QED) is 0.699. The second kappa shape index (κ2) is 4.00. The minimum absolute atomic E-state index is 0.246.